The predicted molar refractivity (Wildman–Crippen MR) is 147 cm³/mol. The number of likely N-dealkylation sites (tertiary alicyclic amines) is 1. The minimum absolute atomic E-state index is 0.101. The van der Waals surface area contributed by atoms with Crippen molar-refractivity contribution >= 4 is 23.4 Å². The number of carbonyl (C=O) groups excluding carboxylic acids is 3. The molecule has 5 unspecified atom stereocenters. The first-order valence-electron chi connectivity index (χ1n) is 14.5. The zero-order valence-corrected chi connectivity index (χ0v) is 23.4. The van der Waals surface area contributed by atoms with E-state index in [0.717, 1.165) is 25.7 Å². The summed E-state index contributed by atoms with van der Waals surface area (Å²) in [6, 6.07) is 7.17. The molecule has 1 aromatic rings. The molecule has 7 heteroatoms. The fourth-order valence-electron chi connectivity index (χ4n) is 6.87. The molecule has 1 saturated carbocycles. The van der Waals surface area contributed by atoms with Gasteiger partial charge in [0.05, 0.1) is 17.9 Å². The summed E-state index contributed by atoms with van der Waals surface area (Å²) in [4.78, 5) is 43.2. The lowest BCUT2D eigenvalue weighted by molar-refractivity contribution is -0.141. The summed E-state index contributed by atoms with van der Waals surface area (Å²) in [6.45, 7) is 11.1. The first-order chi connectivity index (χ1) is 18.1. The summed E-state index contributed by atoms with van der Waals surface area (Å²) >= 11 is 0. The summed E-state index contributed by atoms with van der Waals surface area (Å²) in [6.07, 6.45) is 8.37. The first kappa shape index (κ1) is 26.9. The molecule has 4 aliphatic rings. The number of rotatable bonds is 8. The Morgan fingerprint density at radius 3 is 2.45 bits per heavy atom. The molecule has 38 heavy (non-hydrogen) atoms. The highest BCUT2D eigenvalue weighted by atomic mass is 16.5. The zero-order valence-electron chi connectivity index (χ0n) is 23.4. The van der Waals surface area contributed by atoms with Crippen LogP contribution in [0.2, 0.25) is 0 Å². The highest BCUT2D eigenvalue weighted by molar-refractivity contribution is 6.02. The van der Waals surface area contributed by atoms with E-state index in [2.05, 4.69) is 45.3 Å². The molecule has 7 atom stereocenters. The maximum atomic E-state index is 14.0. The largest absolute Gasteiger partial charge is 0.359 e. The number of fused-ring (bicyclic) bond motifs is 1. The molecule has 2 bridgehead atoms. The molecule has 1 spiro atoms. The number of ether oxygens (including phenoxy) is 1. The molecule has 5 rings (SSSR count). The maximum absolute atomic E-state index is 14.0. The number of hydrogen-bond donors (Lipinski definition) is 2. The lowest BCUT2D eigenvalue weighted by atomic mass is 9.74. The van der Waals surface area contributed by atoms with Gasteiger partial charge >= 0.3 is 0 Å². The SMILES string of the molecule is CC(C)CCN1C(=O)[C@@H]2C(C(=O)Nc3ccc(C(C)C)cc3)[C@@H]3C=CC2(O3)C1C(=O)NC1CCCCC1C. The minimum atomic E-state index is -1.11. The molecule has 0 aromatic heterocycles. The Balaban J connectivity index is 1.41. The number of anilines is 1. The van der Waals surface area contributed by atoms with Crippen LogP contribution in [0.1, 0.15) is 78.2 Å². The van der Waals surface area contributed by atoms with Crippen LogP contribution in [0, 0.1) is 23.7 Å². The summed E-state index contributed by atoms with van der Waals surface area (Å²) in [5.74, 6) is -0.741. The van der Waals surface area contributed by atoms with Crippen molar-refractivity contribution < 1.29 is 19.1 Å². The van der Waals surface area contributed by atoms with Crippen molar-refractivity contribution in [2.45, 2.75) is 96.4 Å². The van der Waals surface area contributed by atoms with Gasteiger partial charge in [-0.3, -0.25) is 14.4 Å². The van der Waals surface area contributed by atoms with Gasteiger partial charge in [0, 0.05) is 18.3 Å². The smallest absolute Gasteiger partial charge is 0.246 e. The monoisotopic (exact) mass is 521 g/mol. The van der Waals surface area contributed by atoms with Gasteiger partial charge < -0.3 is 20.3 Å². The first-order valence-corrected chi connectivity index (χ1v) is 14.5. The number of hydrogen-bond acceptors (Lipinski definition) is 4. The molecule has 3 amide bonds. The molecule has 7 nitrogen and oxygen atoms in total. The molecule has 2 saturated heterocycles. The number of carbonyl (C=O) groups is 3. The van der Waals surface area contributed by atoms with Crippen molar-refractivity contribution in [2.24, 2.45) is 23.7 Å². The van der Waals surface area contributed by atoms with Crippen LogP contribution in [0.25, 0.3) is 0 Å². The van der Waals surface area contributed by atoms with Crippen molar-refractivity contribution in [2.75, 3.05) is 11.9 Å². The Hall–Kier alpha value is -2.67. The standard InChI is InChI=1S/C31H43N3O4/c1-18(2)15-17-34-27(29(36)33-23-9-7-6-8-20(23)5)31-16-14-24(38-31)25(26(31)30(34)37)28(35)32-22-12-10-21(11-13-22)19(3)4/h10-14,16,18-20,23-27H,6-9,15,17H2,1-5H3,(H,32,35)(H,33,36)/t20?,23?,24-,25?,26-,27?,31?/m0/s1. The van der Waals surface area contributed by atoms with E-state index >= 15 is 0 Å². The van der Waals surface area contributed by atoms with Crippen molar-refractivity contribution in [3.63, 3.8) is 0 Å². The fraction of sp³-hybridized carbons (Fsp3) is 0.645. The number of benzene rings is 1. The van der Waals surface area contributed by atoms with Crippen LogP contribution in [-0.2, 0) is 19.1 Å². The molecule has 3 aliphatic heterocycles. The van der Waals surface area contributed by atoms with Gasteiger partial charge in [-0.05, 0) is 54.7 Å². The Morgan fingerprint density at radius 1 is 1.08 bits per heavy atom. The van der Waals surface area contributed by atoms with Crippen LogP contribution < -0.4 is 10.6 Å². The molecular weight excluding hydrogens is 478 g/mol. The molecule has 3 fully saturated rings. The second kappa shape index (κ2) is 10.5. The molecule has 1 aromatic carbocycles. The van der Waals surface area contributed by atoms with Gasteiger partial charge in [0.15, 0.2) is 0 Å². The van der Waals surface area contributed by atoms with Gasteiger partial charge in [0.1, 0.15) is 11.6 Å². The van der Waals surface area contributed by atoms with Crippen molar-refractivity contribution in [3.8, 4) is 0 Å². The topological polar surface area (TPSA) is 87.7 Å². The normalized spacial score (nSPS) is 33.8. The second-order valence-electron chi connectivity index (χ2n) is 12.6. The van der Waals surface area contributed by atoms with Crippen molar-refractivity contribution in [1.82, 2.24) is 10.2 Å². The average molecular weight is 522 g/mol. The third-order valence-electron chi connectivity index (χ3n) is 9.16. The van der Waals surface area contributed by atoms with Crippen molar-refractivity contribution in [3.05, 3.63) is 42.0 Å². The highest BCUT2D eigenvalue weighted by Gasteiger charge is 2.72. The van der Waals surface area contributed by atoms with E-state index < -0.39 is 29.6 Å². The van der Waals surface area contributed by atoms with Crippen LogP contribution in [0.15, 0.2) is 36.4 Å². The predicted octanol–water partition coefficient (Wildman–Crippen LogP) is 4.64. The molecule has 2 N–H and O–H groups in total. The Bertz CT molecular complexity index is 1100. The number of amides is 3. The second-order valence-corrected chi connectivity index (χ2v) is 12.6. The van der Waals surface area contributed by atoms with E-state index in [1.807, 2.05) is 36.4 Å². The van der Waals surface area contributed by atoms with Crippen molar-refractivity contribution in [1.29, 1.82) is 0 Å². The third kappa shape index (κ3) is 4.67. The van der Waals surface area contributed by atoms with Gasteiger partial charge in [-0.15, -0.1) is 0 Å². The molecular formula is C31H43N3O4. The van der Waals surface area contributed by atoms with Crippen LogP contribution in [0.3, 0.4) is 0 Å². The molecule has 206 valence electrons. The zero-order chi connectivity index (χ0) is 27.2. The van der Waals surface area contributed by atoms with E-state index in [1.165, 1.54) is 12.0 Å². The van der Waals surface area contributed by atoms with Gasteiger partial charge in [-0.25, -0.2) is 0 Å². The average Bonchev–Trinajstić information content (AvgIpc) is 3.51. The van der Waals surface area contributed by atoms with E-state index in [1.54, 1.807) is 4.90 Å². The van der Waals surface area contributed by atoms with Gasteiger partial charge in [0.25, 0.3) is 0 Å². The lowest BCUT2D eigenvalue weighted by Crippen LogP contribution is -2.57. The van der Waals surface area contributed by atoms with Crippen LogP contribution >= 0.6 is 0 Å². The van der Waals surface area contributed by atoms with Gasteiger partial charge in [-0.1, -0.05) is 71.7 Å². The molecule has 0 radical (unpaired) electrons. The van der Waals surface area contributed by atoms with E-state index in [9.17, 15) is 14.4 Å². The maximum Gasteiger partial charge on any atom is 0.246 e. The van der Waals surface area contributed by atoms with Crippen LogP contribution in [-0.4, -0.2) is 53.0 Å². The van der Waals surface area contributed by atoms with Crippen LogP contribution in [0.4, 0.5) is 5.69 Å². The number of nitrogens with zero attached hydrogens (tertiary/aromatic N) is 1. The Kier molecular flexibility index (Phi) is 7.42. The summed E-state index contributed by atoms with van der Waals surface area (Å²) < 4.78 is 6.47. The molecule has 3 heterocycles. The Morgan fingerprint density at radius 2 is 1.79 bits per heavy atom. The number of nitrogens with one attached hydrogen (secondary N) is 2. The van der Waals surface area contributed by atoms with Crippen LogP contribution in [0.5, 0.6) is 0 Å². The van der Waals surface area contributed by atoms with Gasteiger partial charge in [0.2, 0.25) is 17.7 Å². The Labute approximate surface area is 226 Å². The fourth-order valence-corrected chi connectivity index (χ4v) is 6.87. The third-order valence-corrected chi connectivity index (χ3v) is 9.16. The van der Waals surface area contributed by atoms with Gasteiger partial charge in [-0.2, -0.15) is 0 Å². The molecule has 1 aliphatic carbocycles. The summed E-state index contributed by atoms with van der Waals surface area (Å²) in [5.41, 5.74) is 0.786. The minimum Gasteiger partial charge on any atom is -0.359 e. The summed E-state index contributed by atoms with van der Waals surface area (Å²) in [5, 5.41) is 6.31. The van der Waals surface area contributed by atoms with E-state index in [0.29, 0.717) is 30.0 Å². The summed E-state index contributed by atoms with van der Waals surface area (Å²) in [7, 11) is 0. The quantitative estimate of drug-likeness (QED) is 0.488. The van der Waals surface area contributed by atoms with E-state index in [-0.39, 0.29) is 23.8 Å². The lowest BCUT2D eigenvalue weighted by Gasteiger charge is -2.36. The highest BCUT2D eigenvalue weighted by Crippen LogP contribution is 2.55. The van der Waals surface area contributed by atoms with E-state index in [4.69, 9.17) is 4.74 Å².